The Morgan fingerprint density at radius 3 is 2.80 bits per heavy atom. The van der Waals surface area contributed by atoms with Gasteiger partial charge in [0, 0.05) is 6.08 Å². The summed E-state index contributed by atoms with van der Waals surface area (Å²) in [5.41, 5.74) is 1.78. The first kappa shape index (κ1) is 11.6. The third-order valence-electron chi connectivity index (χ3n) is 3.73. The molecule has 1 saturated heterocycles. The highest BCUT2D eigenvalue weighted by molar-refractivity contribution is 6.17. The first-order valence-electron chi connectivity index (χ1n) is 6.36. The number of benzene rings is 1. The summed E-state index contributed by atoms with van der Waals surface area (Å²) in [5.74, 6) is -0.470. The van der Waals surface area contributed by atoms with Crippen LogP contribution < -0.4 is 4.90 Å². The fourth-order valence-corrected chi connectivity index (χ4v) is 2.69. The van der Waals surface area contributed by atoms with Crippen LogP contribution in [0.3, 0.4) is 0 Å². The first-order valence-corrected chi connectivity index (χ1v) is 6.36. The third kappa shape index (κ3) is 1.51. The van der Waals surface area contributed by atoms with Gasteiger partial charge in [0.05, 0.1) is 11.4 Å². The Hall–Kier alpha value is -2.24. The number of carbonyl (C=O) groups excluding carboxylic acids is 2. The van der Waals surface area contributed by atoms with Crippen molar-refractivity contribution in [2.45, 2.75) is 18.4 Å². The maximum absolute atomic E-state index is 12.2. The Bertz CT molecular complexity index is 691. The summed E-state index contributed by atoms with van der Waals surface area (Å²) in [6, 6.07) is 7.39. The van der Waals surface area contributed by atoms with E-state index < -0.39 is 18.4 Å². The topological polar surface area (TPSA) is 70.1 Å². The summed E-state index contributed by atoms with van der Waals surface area (Å²) < 4.78 is 5.07. The van der Waals surface area contributed by atoms with E-state index >= 15 is 0 Å². The van der Waals surface area contributed by atoms with Gasteiger partial charge in [-0.3, -0.25) is 9.59 Å². The molecule has 3 aliphatic rings. The minimum Gasteiger partial charge on any atom is -0.370 e. The van der Waals surface area contributed by atoms with Crippen molar-refractivity contribution in [1.82, 2.24) is 0 Å². The van der Waals surface area contributed by atoms with E-state index in [4.69, 9.17) is 4.74 Å². The predicted molar refractivity (Wildman–Crippen MR) is 70.7 cm³/mol. The van der Waals surface area contributed by atoms with E-state index in [2.05, 4.69) is 0 Å². The second-order valence-electron chi connectivity index (χ2n) is 4.98. The molecule has 0 aromatic heterocycles. The number of para-hydroxylation sites is 1. The summed E-state index contributed by atoms with van der Waals surface area (Å²) >= 11 is 0. The van der Waals surface area contributed by atoms with Crippen molar-refractivity contribution in [2.75, 3.05) is 4.90 Å². The van der Waals surface area contributed by atoms with Gasteiger partial charge >= 0.3 is 0 Å². The largest absolute Gasteiger partial charge is 0.370 e. The van der Waals surface area contributed by atoms with Crippen LogP contribution in [0.15, 0.2) is 42.1 Å². The molecule has 1 aromatic rings. The van der Waals surface area contributed by atoms with Gasteiger partial charge in [-0.05, 0) is 17.7 Å². The molecule has 0 saturated carbocycles. The second kappa shape index (κ2) is 3.88. The number of epoxide rings is 1. The number of rotatable bonds is 1. The number of carbonyl (C=O) groups is 2. The van der Waals surface area contributed by atoms with E-state index in [0.717, 1.165) is 5.56 Å². The number of hydrogen-bond acceptors (Lipinski definition) is 5. The van der Waals surface area contributed by atoms with Crippen LogP contribution >= 0.6 is 0 Å². The van der Waals surface area contributed by atoms with Gasteiger partial charge in [-0.1, -0.05) is 24.3 Å². The number of anilines is 1. The van der Waals surface area contributed by atoms with Crippen LogP contribution in [-0.4, -0.2) is 35.1 Å². The molecule has 3 unspecified atom stereocenters. The Morgan fingerprint density at radius 1 is 1.15 bits per heavy atom. The van der Waals surface area contributed by atoms with E-state index in [-0.39, 0.29) is 17.3 Å². The Morgan fingerprint density at radius 2 is 1.95 bits per heavy atom. The van der Waals surface area contributed by atoms with E-state index in [1.54, 1.807) is 18.2 Å². The fraction of sp³-hybridized carbons (Fsp3) is 0.200. The number of aliphatic hydroxyl groups excluding tert-OH is 1. The van der Waals surface area contributed by atoms with Gasteiger partial charge in [-0.25, -0.2) is 0 Å². The zero-order chi connectivity index (χ0) is 13.9. The van der Waals surface area contributed by atoms with Gasteiger partial charge in [0.2, 0.25) is 5.78 Å². The fourth-order valence-electron chi connectivity index (χ4n) is 2.69. The number of aliphatic hydroxyl groups is 1. The highest BCUT2D eigenvalue weighted by Gasteiger charge is 2.54. The van der Waals surface area contributed by atoms with Crippen LogP contribution in [0.25, 0.3) is 6.08 Å². The molecule has 0 amide bonds. The summed E-state index contributed by atoms with van der Waals surface area (Å²) in [6.07, 6.45) is 2.40. The molecule has 100 valence electrons. The molecule has 5 nitrogen and oxygen atoms in total. The highest BCUT2D eigenvalue weighted by Crippen LogP contribution is 2.37. The van der Waals surface area contributed by atoms with Gasteiger partial charge in [-0.2, -0.15) is 0 Å². The number of ether oxygens (including phenoxy) is 1. The molecule has 1 aliphatic carbocycles. The maximum Gasteiger partial charge on any atom is 0.211 e. The molecule has 3 atom stereocenters. The Kier molecular flexibility index (Phi) is 2.24. The Labute approximate surface area is 114 Å². The van der Waals surface area contributed by atoms with Crippen LogP contribution in [0, 0.1) is 0 Å². The molecular weight excluding hydrogens is 258 g/mol. The molecular formula is C15H11NO4. The van der Waals surface area contributed by atoms with Crippen LogP contribution in [-0.2, 0) is 14.3 Å². The van der Waals surface area contributed by atoms with Crippen molar-refractivity contribution < 1.29 is 19.4 Å². The van der Waals surface area contributed by atoms with Crippen molar-refractivity contribution in [3.63, 3.8) is 0 Å². The number of hydrogen-bond donors (Lipinski definition) is 1. The van der Waals surface area contributed by atoms with Crippen molar-refractivity contribution >= 4 is 23.3 Å². The highest BCUT2D eigenvalue weighted by atomic mass is 16.6. The average molecular weight is 269 g/mol. The lowest BCUT2D eigenvalue weighted by atomic mass is 9.98. The number of fused-ring (bicyclic) bond motifs is 2. The van der Waals surface area contributed by atoms with Gasteiger partial charge in [0.1, 0.15) is 0 Å². The third-order valence-corrected chi connectivity index (χ3v) is 3.73. The van der Waals surface area contributed by atoms with E-state index in [0.29, 0.717) is 5.69 Å². The number of nitrogens with zero attached hydrogens (tertiary/aromatic N) is 1. The molecule has 20 heavy (non-hydrogen) atoms. The Balaban J connectivity index is 1.83. The molecule has 2 heterocycles. The van der Waals surface area contributed by atoms with Gasteiger partial charge in [0.15, 0.2) is 24.2 Å². The lowest BCUT2D eigenvalue weighted by molar-refractivity contribution is -0.119. The zero-order valence-electron chi connectivity index (χ0n) is 10.4. The molecule has 2 aliphatic heterocycles. The monoisotopic (exact) mass is 269 g/mol. The van der Waals surface area contributed by atoms with Gasteiger partial charge in [-0.15, -0.1) is 0 Å². The van der Waals surface area contributed by atoms with Crippen LogP contribution in [0.2, 0.25) is 0 Å². The molecule has 5 heteroatoms. The summed E-state index contributed by atoms with van der Waals surface area (Å²) in [6.45, 7) is 0. The van der Waals surface area contributed by atoms with Crippen molar-refractivity contribution in [3.05, 3.63) is 47.7 Å². The normalized spacial score (nSPS) is 30.8. The lowest BCUT2D eigenvalue weighted by Gasteiger charge is -2.34. The SMILES string of the molecule is O=C1C=C(N2c3ccccc3C=CC2O)C(=O)C2OC12. The predicted octanol–water partition coefficient (Wildman–Crippen LogP) is 0.641. The summed E-state index contributed by atoms with van der Waals surface area (Å²) in [4.78, 5) is 25.5. The molecule has 0 radical (unpaired) electrons. The molecule has 0 spiro atoms. The van der Waals surface area contributed by atoms with Crippen LogP contribution in [0.4, 0.5) is 5.69 Å². The van der Waals surface area contributed by atoms with E-state index in [1.165, 1.54) is 11.0 Å². The molecule has 1 aromatic carbocycles. The zero-order valence-corrected chi connectivity index (χ0v) is 10.4. The van der Waals surface area contributed by atoms with Gasteiger partial charge in [0.25, 0.3) is 0 Å². The van der Waals surface area contributed by atoms with Crippen molar-refractivity contribution in [3.8, 4) is 0 Å². The number of ketones is 2. The molecule has 0 bridgehead atoms. The first-order chi connectivity index (χ1) is 9.66. The van der Waals surface area contributed by atoms with Crippen LogP contribution in [0.5, 0.6) is 0 Å². The van der Waals surface area contributed by atoms with Crippen molar-refractivity contribution in [1.29, 1.82) is 0 Å². The minimum atomic E-state index is -0.969. The lowest BCUT2D eigenvalue weighted by Crippen LogP contribution is -2.41. The van der Waals surface area contributed by atoms with E-state index in [9.17, 15) is 14.7 Å². The molecule has 4 rings (SSSR count). The summed E-state index contributed by atoms with van der Waals surface area (Å²) in [7, 11) is 0. The average Bonchev–Trinajstić information content (AvgIpc) is 3.24. The standard InChI is InChI=1S/C15H11NO4/c17-11-7-10(13(19)15-14(11)20-15)16-9-4-2-1-3-8(9)5-6-12(16)18/h1-7,12,14-15,18H. The number of Topliss-reactive ketones (excluding diaryl/α,β-unsaturated/α-hetero) is 1. The second-order valence-corrected chi connectivity index (χ2v) is 4.98. The molecule has 1 N–H and O–H groups in total. The smallest absolute Gasteiger partial charge is 0.211 e. The molecule has 1 fully saturated rings. The maximum atomic E-state index is 12.2. The minimum absolute atomic E-state index is 0.193. The van der Waals surface area contributed by atoms with Gasteiger partial charge < -0.3 is 14.7 Å². The quantitative estimate of drug-likeness (QED) is 0.758. The summed E-state index contributed by atoms with van der Waals surface area (Å²) in [5, 5.41) is 10.2. The van der Waals surface area contributed by atoms with Crippen LogP contribution in [0.1, 0.15) is 5.56 Å². The van der Waals surface area contributed by atoms with E-state index in [1.807, 2.05) is 18.2 Å². The van der Waals surface area contributed by atoms with Crippen molar-refractivity contribution in [2.24, 2.45) is 0 Å².